The molecule has 18 heavy (non-hydrogen) atoms. The minimum Gasteiger partial charge on any atom is -0.366 e. The Morgan fingerprint density at radius 1 is 1.33 bits per heavy atom. The van der Waals surface area contributed by atoms with Crippen LogP contribution in [-0.2, 0) is 21.2 Å². The second kappa shape index (κ2) is 4.41. The predicted molar refractivity (Wildman–Crippen MR) is 64.1 cm³/mol. The van der Waals surface area contributed by atoms with Gasteiger partial charge in [0.2, 0.25) is 21.8 Å². The molecule has 96 valence electrons. The third-order valence-electron chi connectivity index (χ3n) is 2.81. The van der Waals surface area contributed by atoms with Gasteiger partial charge in [-0.05, 0) is 24.1 Å². The molecule has 2 amide bonds. The van der Waals surface area contributed by atoms with Gasteiger partial charge in [-0.25, -0.2) is 8.42 Å². The molecular weight excluding hydrogens is 256 g/mol. The molecule has 1 saturated heterocycles. The average molecular weight is 268 g/mol. The van der Waals surface area contributed by atoms with Gasteiger partial charge in [-0.15, -0.1) is 0 Å². The molecular formula is C11H12N2O4S. The molecule has 0 saturated carbocycles. The van der Waals surface area contributed by atoms with E-state index < -0.39 is 27.1 Å². The van der Waals surface area contributed by atoms with Gasteiger partial charge in [0.15, 0.2) is 0 Å². The second-order valence-electron chi connectivity index (χ2n) is 4.16. The Labute approximate surface area is 104 Å². The van der Waals surface area contributed by atoms with Crippen molar-refractivity contribution in [2.75, 3.05) is 0 Å². The van der Waals surface area contributed by atoms with Crippen molar-refractivity contribution in [3.63, 3.8) is 0 Å². The summed E-state index contributed by atoms with van der Waals surface area (Å²) in [6, 6.07) is 6.35. The van der Waals surface area contributed by atoms with Crippen LogP contribution in [0.4, 0.5) is 0 Å². The minimum absolute atomic E-state index is 0.0279. The van der Waals surface area contributed by atoms with Gasteiger partial charge in [0.25, 0.3) is 0 Å². The molecule has 0 spiro atoms. The summed E-state index contributed by atoms with van der Waals surface area (Å²) in [6.45, 7) is 0. The first-order valence-electron chi connectivity index (χ1n) is 5.32. The van der Waals surface area contributed by atoms with Gasteiger partial charge < -0.3 is 5.73 Å². The summed E-state index contributed by atoms with van der Waals surface area (Å²) in [6.07, 6.45) is 0.208. The zero-order valence-corrected chi connectivity index (χ0v) is 10.2. The summed E-state index contributed by atoms with van der Waals surface area (Å²) in [5.74, 6) is -1.01. The van der Waals surface area contributed by atoms with E-state index in [0.717, 1.165) is 5.56 Å². The van der Waals surface area contributed by atoms with Gasteiger partial charge in [0, 0.05) is 12.0 Å². The molecule has 0 bridgehead atoms. The maximum atomic E-state index is 11.5. The van der Waals surface area contributed by atoms with Crippen molar-refractivity contribution in [3.8, 4) is 0 Å². The van der Waals surface area contributed by atoms with E-state index in [-0.39, 0.29) is 12.8 Å². The smallest absolute Gasteiger partial charge is 0.248 e. The molecule has 1 fully saturated rings. The van der Waals surface area contributed by atoms with E-state index in [2.05, 4.69) is 0 Å². The molecule has 1 aromatic carbocycles. The van der Waals surface area contributed by atoms with Crippen LogP contribution in [0.25, 0.3) is 0 Å². The number of nitrogens with two attached hydrogens (primary N) is 1. The van der Waals surface area contributed by atoms with Crippen LogP contribution < -0.4 is 10.5 Å². The fourth-order valence-electron chi connectivity index (χ4n) is 1.85. The number of carbonyl (C=O) groups is 2. The van der Waals surface area contributed by atoms with Crippen LogP contribution in [0.15, 0.2) is 24.3 Å². The second-order valence-corrected chi connectivity index (χ2v) is 6.12. The molecule has 1 heterocycles. The van der Waals surface area contributed by atoms with E-state index in [0.29, 0.717) is 5.56 Å². The van der Waals surface area contributed by atoms with Crippen molar-refractivity contribution in [2.45, 2.75) is 18.1 Å². The van der Waals surface area contributed by atoms with Gasteiger partial charge in [-0.3, -0.25) is 14.3 Å². The number of benzene rings is 1. The molecule has 1 aliphatic heterocycles. The fourth-order valence-corrected chi connectivity index (χ4v) is 3.20. The lowest BCUT2D eigenvalue weighted by molar-refractivity contribution is -0.118. The molecule has 6 nitrogen and oxygen atoms in total. The lowest BCUT2D eigenvalue weighted by atomic mass is 10.1. The standard InChI is InChI=1S/C11H12N2O4S/c12-11(15)8-3-1-7(2-4-8)5-9-6-10(14)13-18(9,16)17/h1-4,9H,5-6H2,(H2,12,15)(H,13,14). The summed E-state index contributed by atoms with van der Waals surface area (Å²) < 4.78 is 25.0. The predicted octanol–water partition coefficient (Wildman–Crippen LogP) is -0.454. The highest BCUT2D eigenvalue weighted by molar-refractivity contribution is 7.91. The van der Waals surface area contributed by atoms with Crippen molar-refractivity contribution in [2.24, 2.45) is 5.73 Å². The molecule has 1 unspecified atom stereocenters. The number of amides is 2. The Kier molecular flexibility index (Phi) is 3.08. The number of hydrogen-bond donors (Lipinski definition) is 2. The molecule has 0 radical (unpaired) electrons. The van der Waals surface area contributed by atoms with Gasteiger partial charge in [-0.1, -0.05) is 12.1 Å². The van der Waals surface area contributed by atoms with E-state index in [4.69, 9.17) is 5.73 Å². The molecule has 1 aromatic rings. The lowest BCUT2D eigenvalue weighted by Crippen LogP contribution is -2.26. The van der Waals surface area contributed by atoms with Crippen molar-refractivity contribution >= 4 is 21.8 Å². The highest BCUT2D eigenvalue weighted by Gasteiger charge is 2.36. The van der Waals surface area contributed by atoms with Gasteiger partial charge in [0.05, 0.1) is 5.25 Å². The zero-order valence-electron chi connectivity index (χ0n) is 9.42. The Morgan fingerprint density at radius 3 is 2.39 bits per heavy atom. The van der Waals surface area contributed by atoms with Gasteiger partial charge >= 0.3 is 0 Å². The van der Waals surface area contributed by atoms with E-state index >= 15 is 0 Å². The number of hydrogen-bond acceptors (Lipinski definition) is 4. The summed E-state index contributed by atoms with van der Waals surface area (Å²) in [5.41, 5.74) is 6.20. The zero-order chi connectivity index (χ0) is 13.3. The summed E-state index contributed by atoms with van der Waals surface area (Å²) in [4.78, 5) is 21.9. The Hall–Kier alpha value is -1.89. The van der Waals surface area contributed by atoms with Crippen LogP contribution in [0, 0.1) is 0 Å². The van der Waals surface area contributed by atoms with E-state index in [9.17, 15) is 18.0 Å². The molecule has 1 aliphatic rings. The molecule has 0 aromatic heterocycles. The quantitative estimate of drug-likeness (QED) is 0.774. The maximum Gasteiger partial charge on any atom is 0.248 e. The van der Waals surface area contributed by atoms with Crippen LogP contribution in [0.3, 0.4) is 0 Å². The SMILES string of the molecule is NC(=O)c1ccc(CC2CC(=O)NS2(=O)=O)cc1. The third kappa shape index (κ3) is 2.51. The minimum atomic E-state index is -3.55. The van der Waals surface area contributed by atoms with E-state index in [1.54, 1.807) is 12.1 Å². The van der Waals surface area contributed by atoms with Gasteiger partial charge in [0.1, 0.15) is 0 Å². The van der Waals surface area contributed by atoms with Crippen LogP contribution in [0.5, 0.6) is 0 Å². The number of carbonyl (C=O) groups excluding carboxylic acids is 2. The van der Waals surface area contributed by atoms with E-state index in [1.807, 2.05) is 4.72 Å². The lowest BCUT2D eigenvalue weighted by Gasteiger charge is -2.07. The Bertz CT molecular complexity index is 592. The van der Waals surface area contributed by atoms with Crippen molar-refractivity contribution in [1.29, 1.82) is 0 Å². The Morgan fingerprint density at radius 2 is 1.94 bits per heavy atom. The number of rotatable bonds is 3. The van der Waals surface area contributed by atoms with Crippen LogP contribution in [0.2, 0.25) is 0 Å². The van der Waals surface area contributed by atoms with E-state index in [1.165, 1.54) is 12.1 Å². The summed E-state index contributed by atoms with van der Waals surface area (Å²) >= 11 is 0. The van der Waals surface area contributed by atoms with Crippen molar-refractivity contribution in [1.82, 2.24) is 4.72 Å². The number of sulfonamides is 1. The monoisotopic (exact) mass is 268 g/mol. The normalized spacial score (nSPS) is 21.6. The van der Waals surface area contributed by atoms with Crippen molar-refractivity contribution < 1.29 is 18.0 Å². The highest BCUT2D eigenvalue weighted by atomic mass is 32.2. The van der Waals surface area contributed by atoms with Crippen molar-refractivity contribution in [3.05, 3.63) is 35.4 Å². The van der Waals surface area contributed by atoms with Crippen LogP contribution in [-0.4, -0.2) is 25.5 Å². The summed E-state index contributed by atoms with van der Waals surface area (Å²) in [5, 5.41) is -0.746. The molecule has 3 N–H and O–H groups in total. The molecule has 7 heteroatoms. The first-order valence-corrected chi connectivity index (χ1v) is 6.86. The average Bonchev–Trinajstić information content (AvgIpc) is 2.52. The molecule has 1 atom stereocenters. The number of nitrogens with one attached hydrogen (secondary N) is 1. The Balaban J connectivity index is 2.15. The fraction of sp³-hybridized carbons (Fsp3) is 0.273. The molecule has 0 aliphatic carbocycles. The topological polar surface area (TPSA) is 106 Å². The third-order valence-corrected chi connectivity index (χ3v) is 4.53. The highest BCUT2D eigenvalue weighted by Crippen LogP contribution is 2.18. The molecule has 2 rings (SSSR count). The first-order chi connectivity index (χ1) is 8.38. The maximum absolute atomic E-state index is 11.5. The van der Waals surface area contributed by atoms with Crippen LogP contribution >= 0.6 is 0 Å². The largest absolute Gasteiger partial charge is 0.366 e. The van der Waals surface area contributed by atoms with Gasteiger partial charge in [-0.2, -0.15) is 0 Å². The van der Waals surface area contributed by atoms with Crippen LogP contribution in [0.1, 0.15) is 22.3 Å². The first kappa shape index (κ1) is 12.6. The number of primary amides is 1. The summed E-state index contributed by atoms with van der Waals surface area (Å²) in [7, 11) is -3.55.